The van der Waals surface area contributed by atoms with Gasteiger partial charge in [0.1, 0.15) is 0 Å². The van der Waals surface area contributed by atoms with E-state index < -0.39 is 0 Å². The SMILES string of the molecule is COc1ccc(/C=N/NC(=O)c2cc(C(C)C)[nH]n2)cc1OC. The molecule has 0 spiro atoms. The summed E-state index contributed by atoms with van der Waals surface area (Å²) in [6.45, 7) is 4.04. The second kappa shape index (κ2) is 7.44. The molecule has 2 rings (SSSR count). The molecular formula is C16H20N4O3. The Morgan fingerprint density at radius 1 is 1.26 bits per heavy atom. The maximum Gasteiger partial charge on any atom is 0.291 e. The molecule has 0 saturated carbocycles. The molecule has 0 aliphatic heterocycles. The van der Waals surface area contributed by atoms with Gasteiger partial charge in [0.25, 0.3) is 5.91 Å². The van der Waals surface area contributed by atoms with Gasteiger partial charge in [-0.3, -0.25) is 9.89 Å². The summed E-state index contributed by atoms with van der Waals surface area (Å²) in [5, 5.41) is 10.7. The van der Waals surface area contributed by atoms with E-state index in [9.17, 15) is 4.79 Å². The molecule has 122 valence electrons. The lowest BCUT2D eigenvalue weighted by Crippen LogP contribution is -2.18. The number of nitrogens with one attached hydrogen (secondary N) is 2. The first kappa shape index (κ1) is 16.5. The summed E-state index contributed by atoms with van der Waals surface area (Å²) >= 11 is 0. The number of aromatic amines is 1. The van der Waals surface area contributed by atoms with Crippen molar-refractivity contribution in [2.75, 3.05) is 14.2 Å². The molecule has 0 aliphatic rings. The molecule has 0 saturated heterocycles. The number of carbonyl (C=O) groups excluding carboxylic acids is 1. The third-order valence-corrected chi connectivity index (χ3v) is 3.24. The highest BCUT2D eigenvalue weighted by atomic mass is 16.5. The number of carbonyl (C=O) groups is 1. The number of amides is 1. The zero-order valence-electron chi connectivity index (χ0n) is 13.6. The summed E-state index contributed by atoms with van der Waals surface area (Å²) in [5.41, 5.74) is 4.42. The molecule has 0 unspecified atom stereocenters. The maximum absolute atomic E-state index is 11.9. The average molecular weight is 316 g/mol. The van der Waals surface area contributed by atoms with E-state index in [4.69, 9.17) is 9.47 Å². The fraction of sp³-hybridized carbons (Fsp3) is 0.312. The van der Waals surface area contributed by atoms with Crippen LogP contribution < -0.4 is 14.9 Å². The van der Waals surface area contributed by atoms with Gasteiger partial charge in [0.05, 0.1) is 20.4 Å². The maximum atomic E-state index is 11.9. The van der Waals surface area contributed by atoms with Gasteiger partial charge >= 0.3 is 0 Å². The average Bonchev–Trinajstić information content (AvgIpc) is 3.05. The number of hydrogen-bond donors (Lipinski definition) is 2. The van der Waals surface area contributed by atoms with Crippen LogP contribution in [0.2, 0.25) is 0 Å². The molecule has 0 fully saturated rings. The van der Waals surface area contributed by atoms with E-state index in [1.807, 2.05) is 19.9 Å². The minimum absolute atomic E-state index is 0.277. The Kier molecular flexibility index (Phi) is 5.35. The topological polar surface area (TPSA) is 88.6 Å². The van der Waals surface area contributed by atoms with Crippen LogP contribution in [0.15, 0.2) is 29.4 Å². The summed E-state index contributed by atoms with van der Waals surface area (Å²) in [6, 6.07) is 7.05. The number of rotatable bonds is 6. The Morgan fingerprint density at radius 2 is 2.00 bits per heavy atom. The van der Waals surface area contributed by atoms with Crippen LogP contribution >= 0.6 is 0 Å². The fourth-order valence-electron chi connectivity index (χ4n) is 1.90. The number of hydrogen-bond acceptors (Lipinski definition) is 5. The summed E-state index contributed by atoms with van der Waals surface area (Å²) in [7, 11) is 3.13. The predicted molar refractivity (Wildman–Crippen MR) is 87.3 cm³/mol. The molecule has 2 aromatic rings. The largest absolute Gasteiger partial charge is 0.493 e. The quantitative estimate of drug-likeness (QED) is 0.632. The lowest BCUT2D eigenvalue weighted by molar-refractivity contribution is 0.0950. The molecule has 1 aromatic heterocycles. The molecule has 0 bridgehead atoms. The Hall–Kier alpha value is -2.83. The molecule has 1 amide bonds. The number of hydrazone groups is 1. The Labute approximate surface area is 134 Å². The second-order valence-electron chi connectivity index (χ2n) is 5.18. The Balaban J connectivity index is 2.01. The van der Waals surface area contributed by atoms with Crippen molar-refractivity contribution >= 4 is 12.1 Å². The molecule has 2 N–H and O–H groups in total. The van der Waals surface area contributed by atoms with E-state index >= 15 is 0 Å². The van der Waals surface area contributed by atoms with E-state index in [1.165, 1.54) is 6.21 Å². The zero-order valence-corrected chi connectivity index (χ0v) is 13.6. The smallest absolute Gasteiger partial charge is 0.291 e. The van der Waals surface area contributed by atoms with E-state index in [0.717, 1.165) is 11.3 Å². The Bertz CT molecular complexity index is 707. The van der Waals surface area contributed by atoms with Gasteiger partial charge in [-0.15, -0.1) is 0 Å². The van der Waals surface area contributed by atoms with Crippen LogP contribution in [-0.2, 0) is 0 Å². The van der Waals surface area contributed by atoms with Crippen molar-refractivity contribution in [1.82, 2.24) is 15.6 Å². The summed E-state index contributed by atoms with van der Waals surface area (Å²) in [4.78, 5) is 11.9. The first-order valence-electron chi connectivity index (χ1n) is 7.16. The van der Waals surface area contributed by atoms with Crippen molar-refractivity contribution in [3.8, 4) is 11.5 Å². The van der Waals surface area contributed by atoms with Crippen molar-refractivity contribution in [3.63, 3.8) is 0 Å². The van der Waals surface area contributed by atoms with Gasteiger partial charge in [-0.1, -0.05) is 13.8 Å². The molecule has 7 heteroatoms. The number of nitrogens with zero attached hydrogens (tertiary/aromatic N) is 2. The van der Waals surface area contributed by atoms with Gasteiger partial charge in [0, 0.05) is 5.69 Å². The summed E-state index contributed by atoms with van der Waals surface area (Å²) in [5.74, 6) is 1.13. The van der Waals surface area contributed by atoms with Crippen LogP contribution in [0.5, 0.6) is 11.5 Å². The van der Waals surface area contributed by atoms with Gasteiger partial charge < -0.3 is 9.47 Å². The molecule has 1 aromatic carbocycles. The third kappa shape index (κ3) is 4.09. The van der Waals surface area contributed by atoms with E-state index in [2.05, 4.69) is 20.7 Å². The van der Waals surface area contributed by atoms with Crippen molar-refractivity contribution in [1.29, 1.82) is 0 Å². The second-order valence-corrected chi connectivity index (χ2v) is 5.18. The number of H-pyrrole nitrogens is 1. The van der Waals surface area contributed by atoms with Crippen LogP contribution in [0.4, 0.5) is 0 Å². The zero-order chi connectivity index (χ0) is 16.8. The van der Waals surface area contributed by atoms with Crippen molar-refractivity contribution in [2.45, 2.75) is 19.8 Å². The molecule has 0 radical (unpaired) electrons. The molecule has 1 heterocycles. The number of benzene rings is 1. The summed E-state index contributed by atoms with van der Waals surface area (Å²) < 4.78 is 10.4. The van der Waals surface area contributed by atoms with Crippen molar-refractivity contribution in [2.24, 2.45) is 5.10 Å². The van der Waals surface area contributed by atoms with Crippen molar-refractivity contribution < 1.29 is 14.3 Å². The number of ether oxygens (including phenoxy) is 2. The lowest BCUT2D eigenvalue weighted by Gasteiger charge is -2.07. The third-order valence-electron chi connectivity index (χ3n) is 3.24. The number of aromatic nitrogens is 2. The lowest BCUT2D eigenvalue weighted by atomic mass is 10.1. The summed E-state index contributed by atoms with van der Waals surface area (Å²) in [6.07, 6.45) is 1.52. The standard InChI is InChI=1S/C16H20N4O3/c1-10(2)12-8-13(19-18-12)16(21)20-17-9-11-5-6-14(22-3)15(7-11)23-4/h5-10H,1-4H3,(H,18,19)(H,20,21)/b17-9+. The highest BCUT2D eigenvalue weighted by Crippen LogP contribution is 2.26. The predicted octanol–water partition coefficient (Wildman–Crippen LogP) is 2.31. The molecule has 0 atom stereocenters. The van der Waals surface area contributed by atoms with Gasteiger partial charge in [-0.05, 0) is 35.7 Å². The van der Waals surface area contributed by atoms with Gasteiger partial charge in [0.15, 0.2) is 17.2 Å². The van der Waals surface area contributed by atoms with E-state index in [0.29, 0.717) is 17.2 Å². The van der Waals surface area contributed by atoms with Crippen LogP contribution in [0.1, 0.15) is 41.5 Å². The molecular weight excluding hydrogens is 296 g/mol. The normalized spacial score (nSPS) is 11.0. The molecule has 23 heavy (non-hydrogen) atoms. The van der Waals surface area contributed by atoms with E-state index in [1.54, 1.807) is 32.4 Å². The number of methoxy groups -OCH3 is 2. The van der Waals surface area contributed by atoms with Gasteiger partial charge in [-0.2, -0.15) is 10.2 Å². The van der Waals surface area contributed by atoms with Crippen LogP contribution in [0.25, 0.3) is 0 Å². The van der Waals surface area contributed by atoms with Crippen LogP contribution in [0.3, 0.4) is 0 Å². The molecule has 7 nitrogen and oxygen atoms in total. The molecule has 0 aliphatic carbocycles. The minimum atomic E-state index is -0.370. The first-order valence-corrected chi connectivity index (χ1v) is 7.16. The van der Waals surface area contributed by atoms with Gasteiger partial charge in [0.2, 0.25) is 0 Å². The highest BCUT2D eigenvalue weighted by Gasteiger charge is 2.11. The van der Waals surface area contributed by atoms with Crippen molar-refractivity contribution in [3.05, 3.63) is 41.2 Å². The highest BCUT2D eigenvalue weighted by molar-refractivity contribution is 5.93. The first-order chi connectivity index (χ1) is 11.0. The van der Waals surface area contributed by atoms with Gasteiger partial charge in [-0.25, -0.2) is 5.43 Å². The minimum Gasteiger partial charge on any atom is -0.493 e. The van der Waals surface area contributed by atoms with Crippen LogP contribution in [-0.4, -0.2) is 36.5 Å². The monoisotopic (exact) mass is 316 g/mol. The van der Waals surface area contributed by atoms with Crippen LogP contribution in [0, 0.1) is 0 Å². The Morgan fingerprint density at radius 3 is 2.61 bits per heavy atom. The van der Waals surface area contributed by atoms with E-state index in [-0.39, 0.29) is 11.8 Å². The fourth-order valence-corrected chi connectivity index (χ4v) is 1.90.